The summed E-state index contributed by atoms with van der Waals surface area (Å²) in [5.74, 6) is 0.482. The van der Waals surface area contributed by atoms with Crippen molar-refractivity contribution in [2.24, 2.45) is 3.77 Å². The van der Waals surface area contributed by atoms with Crippen molar-refractivity contribution in [3.63, 3.8) is 0 Å². The van der Waals surface area contributed by atoms with Crippen molar-refractivity contribution >= 4 is 19.9 Å². The highest BCUT2D eigenvalue weighted by atomic mass is 32.3. The molecule has 2 rings (SSSR count). The second-order valence-electron chi connectivity index (χ2n) is 4.88. The lowest BCUT2D eigenvalue weighted by Crippen LogP contribution is -2.23. The van der Waals surface area contributed by atoms with Crippen LogP contribution in [0.1, 0.15) is 17.2 Å². The summed E-state index contributed by atoms with van der Waals surface area (Å²) in [5.41, 5.74) is 1.67. The van der Waals surface area contributed by atoms with Crippen LogP contribution in [-0.4, -0.2) is 28.9 Å². The van der Waals surface area contributed by atoms with Crippen LogP contribution >= 0.6 is 0 Å². The van der Waals surface area contributed by atoms with Gasteiger partial charge in [-0.3, -0.25) is 0 Å². The van der Waals surface area contributed by atoms with Crippen molar-refractivity contribution in [3.05, 3.63) is 47.5 Å². The van der Waals surface area contributed by atoms with Gasteiger partial charge < -0.3 is 4.98 Å². The molecule has 9 heteroatoms. The first-order chi connectivity index (χ1) is 10.2. The number of nitrogens with zero attached hydrogens (tertiary/aromatic N) is 2. The van der Waals surface area contributed by atoms with Crippen LogP contribution in [0.25, 0.3) is 0 Å². The van der Waals surface area contributed by atoms with Crippen LogP contribution in [0.3, 0.4) is 0 Å². The molecule has 0 saturated heterocycles. The lowest BCUT2D eigenvalue weighted by atomic mass is 10.4. The molecule has 0 fully saturated rings. The number of aromatic nitrogens is 2. The minimum atomic E-state index is -4.05. The van der Waals surface area contributed by atoms with Crippen molar-refractivity contribution in [3.8, 4) is 0 Å². The van der Waals surface area contributed by atoms with E-state index in [1.165, 1.54) is 6.26 Å². The Morgan fingerprint density at radius 2 is 1.82 bits per heavy atom. The molecule has 0 amide bonds. The molecule has 0 aliphatic heterocycles. The molecule has 1 atom stereocenters. The summed E-state index contributed by atoms with van der Waals surface area (Å²) in [6.45, 7) is 3.63. The number of aromatic amines is 1. The number of rotatable bonds is 5. The van der Waals surface area contributed by atoms with Gasteiger partial charge in [0.2, 0.25) is 0 Å². The van der Waals surface area contributed by atoms with E-state index in [1.54, 1.807) is 30.3 Å². The summed E-state index contributed by atoms with van der Waals surface area (Å²) in [7, 11) is -7.08. The second-order valence-corrected chi connectivity index (χ2v) is 8.79. The Morgan fingerprint density at radius 1 is 1.18 bits per heavy atom. The first kappa shape index (κ1) is 16.7. The standard InChI is InChI=1S/C13H18N4O3S2/c1-10-11(2)16-13(15-10)9-14-22(19,20)17-21(3,18)12-7-5-4-6-8-12/h4-8,14H,9H2,1-3H3,(H,15,16). The van der Waals surface area contributed by atoms with Crippen LogP contribution in [0, 0.1) is 13.8 Å². The lowest BCUT2D eigenvalue weighted by Gasteiger charge is -2.05. The normalized spacial score (nSPS) is 14.5. The van der Waals surface area contributed by atoms with Crippen LogP contribution in [0.4, 0.5) is 0 Å². The molecule has 2 N–H and O–H groups in total. The maximum Gasteiger partial charge on any atom is 0.328 e. The highest BCUT2D eigenvalue weighted by molar-refractivity contribution is 8.02. The molecule has 1 aromatic carbocycles. The van der Waals surface area contributed by atoms with Gasteiger partial charge in [-0.15, -0.1) is 0 Å². The zero-order chi connectivity index (χ0) is 16.4. The SMILES string of the molecule is Cc1nc(CNS(=O)(=O)N=S(C)(=O)c2ccccc2)[nH]c1C. The Morgan fingerprint density at radius 3 is 2.36 bits per heavy atom. The first-order valence-electron chi connectivity index (χ1n) is 6.50. The van der Waals surface area contributed by atoms with Crippen LogP contribution in [0.2, 0.25) is 0 Å². The molecule has 0 radical (unpaired) electrons. The Bertz CT molecular complexity index is 860. The van der Waals surface area contributed by atoms with Gasteiger partial charge in [0.25, 0.3) is 0 Å². The number of H-pyrrole nitrogens is 1. The van der Waals surface area contributed by atoms with E-state index in [4.69, 9.17) is 0 Å². The van der Waals surface area contributed by atoms with Crippen LogP contribution in [0.15, 0.2) is 39.0 Å². The van der Waals surface area contributed by atoms with E-state index in [0.717, 1.165) is 11.4 Å². The second kappa shape index (κ2) is 6.19. The maximum atomic E-state index is 12.5. The van der Waals surface area contributed by atoms with E-state index in [1.807, 2.05) is 13.8 Å². The van der Waals surface area contributed by atoms with E-state index >= 15 is 0 Å². The summed E-state index contributed by atoms with van der Waals surface area (Å²) >= 11 is 0. The third kappa shape index (κ3) is 4.15. The van der Waals surface area contributed by atoms with E-state index in [-0.39, 0.29) is 6.54 Å². The Kier molecular flexibility index (Phi) is 4.69. The Hall–Kier alpha value is -1.71. The first-order valence-corrected chi connectivity index (χ1v) is 9.86. The molecule has 0 aliphatic carbocycles. The zero-order valence-corrected chi connectivity index (χ0v) is 14.2. The minimum Gasteiger partial charge on any atom is -0.345 e. The number of imidazole rings is 1. The van der Waals surface area contributed by atoms with Crippen LogP contribution in [0.5, 0.6) is 0 Å². The molecule has 0 aliphatic rings. The Labute approximate surface area is 130 Å². The predicted octanol–water partition coefficient (Wildman–Crippen LogP) is 1.52. The molecule has 0 saturated carbocycles. The van der Waals surface area contributed by atoms with Gasteiger partial charge in [0.1, 0.15) is 5.82 Å². The molecule has 1 heterocycles. The molecule has 0 bridgehead atoms. The van der Waals surface area contributed by atoms with Crippen LogP contribution in [-0.2, 0) is 26.5 Å². The minimum absolute atomic E-state index is 0.0369. The highest BCUT2D eigenvalue weighted by Crippen LogP contribution is 2.12. The summed E-state index contributed by atoms with van der Waals surface area (Å²) < 4.78 is 42.2. The fourth-order valence-electron chi connectivity index (χ4n) is 1.79. The monoisotopic (exact) mass is 342 g/mol. The van der Waals surface area contributed by atoms with Gasteiger partial charge >= 0.3 is 10.2 Å². The number of hydrogen-bond donors (Lipinski definition) is 2. The molecular weight excluding hydrogens is 324 g/mol. The predicted molar refractivity (Wildman–Crippen MR) is 85.0 cm³/mol. The maximum absolute atomic E-state index is 12.5. The van der Waals surface area contributed by atoms with Gasteiger partial charge in [-0.1, -0.05) is 22.0 Å². The number of nitrogens with one attached hydrogen (secondary N) is 2. The molecule has 1 aromatic heterocycles. The summed E-state index contributed by atoms with van der Waals surface area (Å²) in [6, 6.07) is 8.29. The van der Waals surface area contributed by atoms with E-state index in [9.17, 15) is 12.6 Å². The topological polar surface area (TPSA) is 104 Å². The molecule has 22 heavy (non-hydrogen) atoms. The van der Waals surface area contributed by atoms with E-state index < -0.39 is 19.9 Å². The van der Waals surface area contributed by atoms with Gasteiger partial charge in [0, 0.05) is 16.8 Å². The van der Waals surface area contributed by atoms with Crippen LogP contribution < -0.4 is 4.72 Å². The summed E-state index contributed by atoms with van der Waals surface area (Å²) in [4.78, 5) is 7.50. The van der Waals surface area contributed by atoms with Crippen molar-refractivity contribution < 1.29 is 12.6 Å². The van der Waals surface area contributed by atoms with Crippen molar-refractivity contribution in [1.29, 1.82) is 0 Å². The van der Waals surface area contributed by atoms with Crippen molar-refractivity contribution in [2.45, 2.75) is 25.3 Å². The third-order valence-electron chi connectivity index (χ3n) is 3.02. The van der Waals surface area contributed by atoms with Gasteiger partial charge in [0.15, 0.2) is 0 Å². The van der Waals surface area contributed by atoms with E-state index in [0.29, 0.717) is 10.7 Å². The molecule has 120 valence electrons. The molecule has 0 spiro atoms. The zero-order valence-electron chi connectivity index (χ0n) is 12.5. The fourth-order valence-corrected chi connectivity index (χ4v) is 4.83. The number of hydrogen-bond acceptors (Lipinski definition) is 4. The molecular formula is C13H18N4O3S2. The summed E-state index contributed by atoms with van der Waals surface area (Å²) in [6.07, 6.45) is 1.29. The largest absolute Gasteiger partial charge is 0.345 e. The average molecular weight is 342 g/mol. The molecule has 1 unspecified atom stereocenters. The highest BCUT2D eigenvalue weighted by Gasteiger charge is 2.15. The van der Waals surface area contributed by atoms with Gasteiger partial charge in [-0.2, -0.15) is 13.1 Å². The summed E-state index contributed by atoms with van der Waals surface area (Å²) in [5, 5.41) is 0. The lowest BCUT2D eigenvalue weighted by molar-refractivity contribution is 0.581. The fraction of sp³-hybridized carbons (Fsp3) is 0.308. The third-order valence-corrected chi connectivity index (χ3v) is 6.60. The Balaban J connectivity index is 2.20. The number of benzene rings is 1. The van der Waals surface area contributed by atoms with Gasteiger partial charge in [-0.05, 0) is 26.0 Å². The van der Waals surface area contributed by atoms with Crippen molar-refractivity contribution in [2.75, 3.05) is 6.26 Å². The smallest absolute Gasteiger partial charge is 0.328 e. The average Bonchev–Trinajstić information content (AvgIpc) is 2.76. The van der Waals surface area contributed by atoms with Gasteiger partial charge in [-0.25, -0.2) is 9.19 Å². The molecule has 2 aromatic rings. The van der Waals surface area contributed by atoms with Crippen molar-refractivity contribution in [1.82, 2.24) is 14.7 Å². The van der Waals surface area contributed by atoms with Gasteiger partial charge in [0.05, 0.1) is 22.0 Å². The molecule has 7 nitrogen and oxygen atoms in total. The number of aryl methyl sites for hydroxylation is 2. The quantitative estimate of drug-likeness (QED) is 0.859. The van der Waals surface area contributed by atoms with E-state index in [2.05, 4.69) is 18.5 Å².